The van der Waals surface area contributed by atoms with Crippen molar-refractivity contribution < 1.29 is 13.5 Å². The Balaban J connectivity index is 1.88. The van der Waals surface area contributed by atoms with Gasteiger partial charge >= 0.3 is 8.03 Å². The van der Waals surface area contributed by atoms with Crippen LogP contribution in [0.15, 0.2) is 54.6 Å². The molecule has 0 bridgehead atoms. The molecule has 0 aliphatic heterocycles. The molecule has 0 N–H and O–H groups in total. The summed E-state index contributed by atoms with van der Waals surface area (Å²) in [4.78, 5) is 0. The zero-order valence-electron chi connectivity index (χ0n) is 9.75. The van der Waals surface area contributed by atoms with Crippen LogP contribution in [0, 0.1) is 5.82 Å². The highest BCUT2D eigenvalue weighted by atomic mass is 31.1. The predicted octanol–water partition coefficient (Wildman–Crippen LogP) is 4.28. The molecule has 2 aromatic carbocycles. The number of hydrogen-bond acceptors (Lipinski definition) is 2. The van der Waals surface area contributed by atoms with E-state index < -0.39 is 8.03 Å². The molecule has 0 radical (unpaired) electrons. The van der Waals surface area contributed by atoms with Gasteiger partial charge in [0.2, 0.25) is 6.16 Å². The average molecular weight is 263 g/mol. The summed E-state index contributed by atoms with van der Waals surface area (Å²) in [6.07, 6.45) is 0.106. The fourth-order valence-corrected chi connectivity index (χ4v) is 2.45. The van der Waals surface area contributed by atoms with Gasteiger partial charge in [-0.15, -0.1) is 4.52 Å². The van der Waals surface area contributed by atoms with Crippen LogP contribution in [0.25, 0.3) is 0 Å². The van der Waals surface area contributed by atoms with E-state index in [-0.39, 0.29) is 18.6 Å². The van der Waals surface area contributed by atoms with Gasteiger partial charge in [0.05, 0.1) is 0 Å². The summed E-state index contributed by atoms with van der Waals surface area (Å²) in [5, 5.41) is 0. The SMILES string of the molecule is O=[P+](Cc1ccccc1F)OCc1ccccc1. The molecule has 1 atom stereocenters. The summed E-state index contributed by atoms with van der Waals surface area (Å²) in [6, 6.07) is 15.8. The van der Waals surface area contributed by atoms with Crippen LogP contribution < -0.4 is 0 Å². The highest BCUT2D eigenvalue weighted by Gasteiger charge is 2.20. The molecule has 0 amide bonds. The van der Waals surface area contributed by atoms with Crippen molar-refractivity contribution in [2.45, 2.75) is 12.8 Å². The van der Waals surface area contributed by atoms with Gasteiger partial charge in [-0.2, -0.15) is 0 Å². The maximum absolute atomic E-state index is 13.3. The minimum absolute atomic E-state index is 0.106. The van der Waals surface area contributed by atoms with Gasteiger partial charge in [-0.05, 0) is 16.2 Å². The Labute approximate surface area is 106 Å². The molecule has 92 valence electrons. The summed E-state index contributed by atoms with van der Waals surface area (Å²) < 4.78 is 30.3. The first-order valence-corrected chi connectivity index (χ1v) is 6.97. The maximum Gasteiger partial charge on any atom is 0.513 e. The first-order valence-electron chi connectivity index (χ1n) is 5.60. The Hall–Kier alpha value is -1.57. The van der Waals surface area contributed by atoms with Gasteiger partial charge in [-0.1, -0.05) is 48.5 Å². The van der Waals surface area contributed by atoms with Crippen molar-refractivity contribution in [1.29, 1.82) is 0 Å². The lowest BCUT2D eigenvalue weighted by Gasteiger charge is -1.96. The molecule has 0 aromatic heterocycles. The van der Waals surface area contributed by atoms with Gasteiger partial charge in [-0.25, -0.2) is 4.39 Å². The number of benzene rings is 2. The maximum atomic E-state index is 13.3. The van der Waals surface area contributed by atoms with Crippen LogP contribution in [0.4, 0.5) is 4.39 Å². The molecule has 0 saturated carbocycles. The third-order valence-electron chi connectivity index (χ3n) is 2.48. The van der Waals surface area contributed by atoms with E-state index in [1.807, 2.05) is 30.3 Å². The summed E-state index contributed by atoms with van der Waals surface area (Å²) >= 11 is 0. The molecule has 0 aliphatic rings. The van der Waals surface area contributed by atoms with Crippen molar-refractivity contribution in [3.8, 4) is 0 Å². The normalized spacial score (nSPS) is 11.3. The zero-order valence-corrected chi connectivity index (χ0v) is 10.6. The number of hydrogen-bond donors (Lipinski definition) is 0. The Kier molecular flexibility index (Phi) is 4.57. The van der Waals surface area contributed by atoms with Crippen LogP contribution in [0.1, 0.15) is 11.1 Å². The molecule has 0 aliphatic carbocycles. The lowest BCUT2D eigenvalue weighted by molar-refractivity contribution is 0.318. The molecule has 2 aromatic rings. The molecular formula is C14H13FO2P+. The Bertz CT molecular complexity index is 528. The largest absolute Gasteiger partial charge is 0.513 e. The van der Waals surface area contributed by atoms with Gasteiger partial charge in [-0.3, -0.25) is 0 Å². The molecule has 0 heterocycles. The average Bonchev–Trinajstić information content (AvgIpc) is 2.40. The monoisotopic (exact) mass is 263 g/mol. The second-order valence-electron chi connectivity index (χ2n) is 3.84. The first-order chi connectivity index (χ1) is 8.75. The quantitative estimate of drug-likeness (QED) is 0.752. The summed E-state index contributed by atoms with van der Waals surface area (Å²) in [7, 11) is -1.89. The van der Waals surface area contributed by atoms with Crippen LogP contribution in [-0.2, 0) is 21.9 Å². The van der Waals surface area contributed by atoms with Gasteiger partial charge in [0.1, 0.15) is 12.4 Å². The third-order valence-corrected chi connectivity index (χ3v) is 3.49. The van der Waals surface area contributed by atoms with Crippen LogP contribution in [0.5, 0.6) is 0 Å². The van der Waals surface area contributed by atoms with Gasteiger partial charge in [0.25, 0.3) is 0 Å². The van der Waals surface area contributed by atoms with Crippen LogP contribution in [0.3, 0.4) is 0 Å². The van der Waals surface area contributed by atoms with Gasteiger partial charge in [0, 0.05) is 5.56 Å². The molecule has 4 heteroatoms. The zero-order chi connectivity index (χ0) is 12.8. The minimum atomic E-state index is -1.89. The van der Waals surface area contributed by atoms with Crippen LogP contribution >= 0.6 is 8.03 Å². The highest BCUT2D eigenvalue weighted by Crippen LogP contribution is 2.30. The van der Waals surface area contributed by atoms with E-state index in [0.717, 1.165) is 5.56 Å². The van der Waals surface area contributed by atoms with Crippen molar-refractivity contribution in [3.63, 3.8) is 0 Å². The summed E-state index contributed by atoms with van der Waals surface area (Å²) in [6.45, 7) is 0.282. The molecule has 1 unspecified atom stereocenters. The third kappa shape index (κ3) is 3.73. The lowest BCUT2D eigenvalue weighted by Crippen LogP contribution is -1.90. The van der Waals surface area contributed by atoms with Crippen molar-refractivity contribution >= 4 is 8.03 Å². The van der Waals surface area contributed by atoms with E-state index in [2.05, 4.69) is 0 Å². The predicted molar refractivity (Wildman–Crippen MR) is 68.9 cm³/mol. The molecule has 0 spiro atoms. The molecule has 18 heavy (non-hydrogen) atoms. The van der Waals surface area contributed by atoms with E-state index in [1.165, 1.54) is 6.07 Å². The Morgan fingerprint density at radius 3 is 2.39 bits per heavy atom. The summed E-state index contributed by atoms with van der Waals surface area (Å²) in [5.74, 6) is -0.343. The fourth-order valence-electron chi connectivity index (χ4n) is 1.53. The van der Waals surface area contributed by atoms with E-state index in [9.17, 15) is 8.96 Å². The topological polar surface area (TPSA) is 26.3 Å². The van der Waals surface area contributed by atoms with E-state index in [1.54, 1.807) is 18.2 Å². The standard InChI is InChI=1S/C14H13FO2P/c15-14-9-5-4-8-13(14)11-18(16)17-10-12-6-2-1-3-7-12/h1-9H,10-11H2/q+1. The van der Waals surface area contributed by atoms with Gasteiger partial charge in [0.15, 0.2) is 0 Å². The number of halogens is 1. The fraction of sp³-hybridized carbons (Fsp3) is 0.143. The molecule has 2 rings (SSSR count). The second kappa shape index (κ2) is 6.39. The molecule has 0 fully saturated rings. The second-order valence-corrected chi connectivity index (χ2v) is 5.08. The summed E-state index contributed by atoms with van der Waals surface area (Å²) in [5.41, 5.74) is 1.38. The van der Waals surface area contributed by atoms with Crippen molar-refractivity contribution in [2.24, 2.45) is 0 Å². The minimum Gasteiger partial charge on any atom is -0.207 e. The van der Waals surface area contributed by atoms with Crippen molar-refractivity contribution in [3.05, 3.63) is 71.5 Å². The van der Waals surface area contributed by atoms with Crippen LogP contribution in [0.2, 0.25) is 0 Å². The number of rotatable bonds is 5. The molecular weight excluding hydrogens is 250 g/mol. The van der Waals surface area contributed by atoms with Gasteiger partial charge < -0.3 is 0 Å². The first kappa shape index (κ1) is 12.9. The van der Waals surface area contributed by atoms with E-state index in [0.29, 0.717) is 5.56 Å². The molecule has 0 saturated heterocycles. The van der Waals surface area contributed by atoms with Crippen molar-refractivity contribution in [1.82, 2.24) is 0 Å². The highest BCUT2D eigenvalue weighted by molar-refractivity contribution is 7.38. The Morgan fingerprint density at radius 1 is 1.00 bits per heavy atom. The van der Waals surface area contributed by atoms with E-state index in [4.69, 9.17) is 4.52 Å². The van der Waals surface area contributed by atoms with Crippen molar-refractivity contribution in [2.75, 3.05) is 0 Å². The Morgan fingerprint density at radius 2 is 1.67 bits per heavy atom. The smallest absolute Gasteiger partial charge is 0.207 e. The van der Waals surface area contributed by atoms with E-state index >= 15 is 0 Å². The molecule has 2 nitrogen and oxygen atoms in total. The lowest BCUT2D eigenvalue weighted by atomic mass is 10.2. The van der Waals surface area contributed by atoms with Crippen LogP contribution in [-0.4, -0.2) is 0 Å².